The minimum atomic E-state index is 0. The molecule has 1 aliphatic heterocycles. The van der Waals surface area contributed by atoms with Crippen molar-refractivity contribution in [1.82, 2.24) is 4.90 Å². The first-order valence-electron chi connectivity index (χ1n) is 6.24. The number of carbonyl (C=O) groups is 1. The van der Waals surface area contributed by atoms with Crippen LogP contribution in [0.5, 0.6) is 0 Å². The summed E-state index contributed by atoms with van der Waals surface area (Å²) in [5, 5.41) is 3.21. The molecule has 0 saturated carbocycles. The fourth-order valence-electron chi connectivity index (χ4n) is 2.49. The lowest BCUT2D eigenvalue weighted by Gasteiger charge is -2.16. The van der Waals surface area contributed by atoms with Gasteiger partial charge < -0.3 is 10.6 Å². The molecule has 1 unspecified atom stereocenters. The highest BCUT2D eigenvalue weighted by Crippen LogP contribution is 2.24. The van der Waals surface area contributed by atoms with E-state index in [4.69, 9.17) is 5.73 Å². The second-order valence-electron chi connectivity index (χ2n) is 4.81. The molecule has 0 radical (unpaired) electrons. The van der Waals surface area contributed by atoms with Crippen molar-refractivity contribution in [1.29, 1.82) is 0 Å². The highest BCUT2D eigenvalue weighted by atomic mass is 35.5. The van der Waals surface area contributed by atoms with Gasteiger partial charge in [0, 0.05) is 23.4 Å². The first kappa shape index (κ1) is 14.3. The van der Waals surface area contributed by atoms with Crippen molar-refractivity contribution >= 4 is 39.7 Å². The molecule has 5 heteroatoms. The Bertz CT molecular complexity index is 584. The third kappa shape index (κ3) is 2.76. The zero-order valence-electron chi connectivity index (χ0n) is 10.5. The van der Waals surface area contributed by atoms with E-state index >= 15 is 0 Å². The first-order valence-corrected chi connectivity index (χ1v) is 7.12. The number of amides is 1. The van der Waals surface area contributed by atoms with Gasteiger partial charge in [-0.05, 0) is 53.9 Å². The minimum absolute atomic E-state index is 0. The van der Waals surface area contributed by atoms with E-state index in [1.165, 1.54) is 4.70 Å². The summed E-state index contributed by atoms with van der Waals surface area (Å²) in [5.74, 6) is 0.609. The number of hydrogen-bond acceptors (Lipinski definition) is 3. The maximum absolute atomic E-state index is 12.4. The lowest BCUT2D eigenvalue weighted by atomic mass is 10.1. The molecule has 3 rings (SSSR count). The Kier molecular flexibility index (Phi) is 4.45. The van der Waals surface area contributed by atoms with Crippen LogP contribution in [0.1, 0.15) is 16.8 Å². The van der Waals surface area contributed by atoms with Crippen LogP contribution in [0, 0.1) is 5.92 Å². The topological polar surface area (TPSA) is 46.3 Å². The van der Waals surface area contributed by atoms with Crippen molar-refractivity contribution in [3.05, 3.63) is 35.2 Å². The van der Waals surface area contributed by atoms with E-state index in [-0.39, 0.29) is 18.3 Å². The van der Waals surface area contributed by atoms with Gasteiger partial charge in [-0.25, -0.2) is 0 Å². The normalized spacial score (nSPS) is 18.6. The second kappa shape index (κ2) is 5.90. The maximum Gasteiger partial charge on any atom is 0.253 e. The zero-order valence-corrected chi connectivity index (χ0v) is 12.2. The molecule has 1 amide bonds. The number of benzene rings is 1. The van der Waals surface area contributed by atoms with E-state index in [1.807, 2.05) is 23.1 Å². The largest absolute Gasteiger partial charge is 0.338 e. The molecule has 102 valence electrons. The van der Waals surface area contributed by atoms with Crippen molar-refractivity contribution in [3.63, 3.8) is 0 Å². The minimum Gasteiger partial charge on any atom is -0.338 e. The monoisotopic (exact) mass is 296 g/mol. The van der Waals surface area contributed by atoms with Gasteiger partial charge in [-0.2, -0.15) is 0 Å². The van der Waals surface area contributed by atoms with Crippen LogP contribution in [-0.4, -0.2) is 30.4 Å². The molecule has 3 nitrogen and oxygen atoms in total. The van der Waals surface area contributed by atoms with Crippen LogP contribution >= 0.6 is 23.7 Å². The first-order chi connectivity index (χ1) is 8.78. The predicted octanol–water partition coefficient (Wildman–Crippen LogP) is 2.74. The molecule has 1 saturated heterocycles. The lowest BCUT2D eigenvalue weighted by Crippen LogP contribution is -2.29. The number of nitrogens with two attached hydrogens (primary N) is 1. The molecule has 0 spiro atoms. The summed E-state index contributed by atoms with van der Waals surface area (Å²) in [6, 6.07) is 8.01. The fraction of sp³-hybridized carbons (Fsp3) is 0.357. The average molecular weight is 297 g/mol. The number of fused-ring (bicyclic) bond motifs is 1. The van der Waals surface area contributed by atoms with E-state index in [2.05, 4.69) is 11.4 Å². The van der Waals surface area contributed by atoms with E-state index in [0.29, 0.717) is 12.5 Å². The Morgan fingerprint density at radius 3 is 3.00 bits per heavy atom. The second-order valence-corrected chi connectivity index (χ2v) is 5.76. The zero-order chi connectivity index (χ0) is 12.5. The average Bonchev–Trinajstić information content (AvgIpc) is 3.05. The molecule has 0 aliphatic carbocycles. The molecule has 1 atom stereocenters. The van der Waals surface area contributed by atoms with Crippen LogP contribution in [0.15, 0.2) is 29.6 Å². The van der Waals surface area contributed by atoms with Gasteiger partial charge in [-0.1, -0.05) is 0 Å². The molecular formula is C14H17ClN2OS. The Hall–Kier alpha value is -1.10. The van der Waals surface area contributed by atoms with Crippen LogP contribution < -0.4 is 5.73 Å². The molecule has 1 aliphatic rings. The van der Waals surface area contributed by atoms with Crippen LogP contribution in [0.25, 0.3) is 10.1 Å². The lowest BCUT2D eigenvalue weighted by molar-refractivity contribution is 0.0788. The van der Waals surface area contributed by atoms with Crippen molar-refractivity contribution in [2.45, 2.75) is 6.42 Å². The van der Waals surface area contributed by atoms with Crippen molar-refractivity contribution < 1.29 is 4.79 Å². The summed E-state index contributed by atoms with van der Waals surface area (Å²) < 4.78 is 1.23. The van der Waals surface area contributed by atoms with E-state index in [1.54, 1.807) is 11.3 Å². The molecule has 2 N–H and O–H groups in total. The molecule has 2 heterocycles. The summed E-state index contributed by atoms with van der Waals surface area (Å²) in [5.41, 5.74) is 6.45. The molecular weight excluding hydrogens is 280 g/mol. The fourth-order valence-corrected chi connectivity index (χ4v) is 3.26. The third-order valence-corrected chi connectivity index (χ3v) is 4.50. The van der Waals surface area contributed by atoms with Gasteiger partial charge in [0.1, 0.15) is 0 Å². The Labute approximate surface area is 122 Å². The highest BCUT2D eigenvalue weighted by molar-refractivity contribution is 7.17. The van der Waals surface area contributed by atoms with Crippen LogP contribution in [-0.2, 0) is 0 Å². The van der Waals surface area contributed by atoms with E-state index < -0.39 is 0 Å². The summed E-state index contributed by atoms with van der Waals surface area (Å²) in [6.07, 6.45) is 1.03. The smallest absolute Gasteiger partial charge is 0.253 e. The van der Waals surface area contributed by atoms with E-state index in [0.717, 1.165) is 30.5 Å². The van der Waals surface area contributed by atoms with Crippen molar-refractivity contribution in [2.75, 3.05) is 19.6 Å². The van der Waals surface area contributed by atoms with Gasteiger partial charge in [0.05, 0.1) is 0 Å². The molecule has 2 aromatic rings. The Morgan fingerprint density at radius 2 is 2.26 bits per heavy atom. The SMILES string of the molecule is Cl.NCC1CCN(C(=O)c2ccc3sccc3c2)C1. The van der Waals surface area contributed by atoms with Gasteiger partial charge in [0.15, 0.2) is 0 Å². The third-order valence-electron chi connectivity index (χ3n) is 3.61. The summed E-state index contributed by atoms with van der Waals surface area (Å²) >= 11 is 1.70. The number of halogens is 1. The van der Waals surface area contributed by atoms with Gasteiger partial charge in [-0.3, -0.25) is 4.79 Å². The number of nitrogens with zero attached hydrogens (tertiary/aromatic N) is 1. The predicted molar refractivity (Wildman–Crippen MR) is 82.1 cm³/mol. The quantitative estimate of drug-likeness (QED) is 0.926. The summed E-state index contributed by atoms with van der Waals surface area (Å²) in [7, 11) is 0. The highest BCUT2D eigenvalue weighted by Gasteiger charge is 2.25. The number of hydrogen-bond donors (Lipinski definition) is 1. The standard InChI is InChI=1S/C14H16N2OS.ClH/c15-8-10-3-5-16(9-10)14(17)12-1-2-13-11(7-12)4-6-18-13;/h1-2,4,6-7,10H,3,5,8-9,15H2;1H. The number of carbonyl (C=O) groups excluding carboxylic acids is 1. The van der Waals surface area contributed by atoms with Gasteiger partial charge in [0.2, 0.25) is 0 Å². The van der Waals surface area contributed by atoms with Gasteiger partial charge in [-0.15, -0.1) is 23.7 Å². The Morgan fingerprint density at radius 1 is 1.42 bits per heavy atom. The van der Waals surface area contributed by atoms with Crippen LogP contribution in [0.3, 0.4) is 0 Å². The summed E-state index contributed by atoms with van der Waals surface area (Å²) in [6.45, 7) is 2.31. The molecule has 19 heavy (non-hydrogen) atoms. The van der Waals surface area contributed by atoms with Crippen molar-refractivity contribution in [2.24, 2.45) is 11.7 Å². The molecule has 1 aromatic heterocycles. The number of rotatable bonds is 2. The van der Waals surface area contributed by atoms with Gasteiger partial charge >= 0.3 is 0 Å². The van der Waals surface area contributed by atoms with Gasteiger partial charge in [0.25, 0.3) is 5.91 Å². The number of likely N-dealkylation sites (tertiary alicyclic amines) is 1. The Balaban J connectivity index is 0.00000133. The maximum atomic E-state index is 12.4. The summed E-state index contributed by atoms with van der Waals surface area (Å²) in [4.78, 5) is 14.3. The van der Waals surface area contributed by atoms with E-state index in [9.17, 15) is 4.79 Å². The molecule has 1 fully saturated rings. The van der Waals surface area contributed by atoms with Crippen molar-refractivity contribution in [3.8, 4) is 0 Å². The van der Waals surface area contributed by atoms with Crippen LogP contribution in [0.2, 0.25) is 0 Å². The van der Waals surface area contributed by atoms with Crippen LogP contribution in [0.4, 0.5) is 0 Å². The molecule has 1 aromatic carbocycles. The molecule has 0 bridgehead atoms. The number of thiophene rings is 1.